The standard InChI is InChI=1S/C13H21N3O2/c1-9-11(10(2)15-14-9)6-7-16(3)13(17)12-5-4-8-18-12/h12H,4-8H2,1-3H3,(H,14,15). The van der Waals surface area contributed by atoms with Crippen molar-refractivity contribution in [1.29, 1.82) is 0 Å². The van der Waals surface area contributed by atoms with Crippen LogP contribution in [0.3, 0.4) is 0 Å². The van der Waals surface area contributed by atoms with Crippen LogP contribution in [0.25, 0.3) is 0 Å². The molecular weight excluding hydrogens is 230 g/mol. The van der Waals surface area contributed by atoms with Crippen LogP contribution in [-0.4, -0.2) is 47.3 Å². The second-order valence-corrected chi connectivity index (χ2v) is 4.92. The zero-order valence-corrected chi connectivity index (χ0v) is 11.3. The van der Waals surface area contributed by atoms with Gasteiger partial charge in [-0.3, -0.25) is 9.89 Å². The van der Waals surface area contributed by atoms with Gasteiger partial charge in [0.15, 0.2) is 0 Å². The largest absolute Gasteiger partial charge is 0.368 e. The van der Waals surface area contributed by atoms with Gasteiger partial charge in [-0.25, -0.2) is 0 Å². The van der Waals surface area contributed by atoms with Gasteiger partial charge in [-0.1, -0.05) is 0 Å². The Morgan fingerprint density at radius 2 is 2.33 bits per heavy atom. The number of nitrogens with one attached hydrogen (secondary N) is 1. The quantitative estimate of drug-likeness (QED) is 0.875. The van der Waals surface area contributed by atoms with E-state index in [0.717, 1.165) is 30.7 Å². The van der Waals surface area contributed by atoms with Crippen LogP contribution in [0.1, 0.15) is 29.8 Å². The lowest BCUT2D eigenvalue weighted by molar-refractivity contribution is -0.139. The third-order valence-electron chi connectivity index (χ3n) is 3.56. The number of H-pyrrole nitrogens is 1. The first-order valence-electron chi connectivity index (χ1n) is 6.46. The molecule has 5 heteroatoms. The fourth-order valence-electron chi connectivity index (χ4n) is 2.35. The Hall–Kier alpha value is -1.36. The average Bonchev–Trinajstić information content (AvgIpc) is 2.97. The molecular formula is C13H21N3O2. The van der Waals surface area contributed by atoms with Crippen LogP contribution in [0.2, 0.25) is 0 Å². The molecule has 0 aliphatic carbocycles. The first-order valence-corrected chi connectivity index (χ1v) is 6.46. The van der Waals surface area contributed by atoms with E-state index in [0.29, 0.717) is 13.2 Å². The Balaban J connectivity index is 1.88. The maximum atomic E-state index is 12.1. The smallest absolute Gasteiger partial charge is 0.251 e. The van der Waals surface area contributed by atoms with Crippen LogP contribution >= 0.6 is 0 Å². The van der Waals surface area contributed by atoms with Gasteiger partial charge in [0.1, 0.15) is 6.10 Å². The first kappa shape index (κ1) is 13.1. The topological polar surface area (TPSA) is 58.2 Å². The van der Waals surface area contributed by atoms with Gasteiger partial charge in [0.25, 0.3) is 5.91 Å². The Morgan fingerprint density at radius 1 is 1.56 bits per heavy atom. The number of nitrogens with zero attached hydrogens (tertiary/aromatic N) is 2. The Kier molecular flexibility index (Phi) is 4.01. The number of carbonyl (C=O) groups excluding carboxylic acids is 1. The molecule has 1 aromatic heterocycles. The summed E-state index contributed by atoms with van der Waals surface area (Å²) in [6.45, 7) is 5.42. The predicted octanol–water partition coefficient (Wildman–Crippen LogP) is 1.21. The number of aryl methyl sites for hydroxylation is 2. The van der Waals surface area contributed by atoms with E-state index >= 15 is 0 Å². The number of carbonyl (C=O) groups is 1. The Morgan fingerprint density at radius 3 is 2.89 bits per heavy atom. The first-order chi connectivity index (χ1) is 8.59. The van der Waals surface area contributed by atoms with Gasteiger partial charge in [0.05, 0.1) is 5.69 Å². The van der Waals surface area contributed by atoms with E-state index in [1.54, 1.807) is 4.90 Å². The molecule has 0 saturated carbocycles. The maximum Gasteiger partial charge on any atom is 0.251 e. The molecule has 1 saturated heterocycles. The molecule has 1 aliphatic heterocycles. The van der Waals surface area contributed by atoms with Crippen molar-refractivity contribution in [3.63, 3.8) is 0 Å². The molecule has 2 rings (SSSR count). The summed E-state index contributed by atoms with van der Waals surface area (Å²) in [5.74, 6) is 0.103. The molecule has 1 unspecified atom stereocenters. The number of amides is 1. The van der Waals surface area contributed by atoms with Gasteiger partial charge in [0.2, 0.25) is 0 Å². The van der Waals surface area contributed by atoms with E-state index < -0.39 is 0 Å². The molecule has 0 bridgehead atoms. The van der Waals surface area contributed by atoms with Gasteiger partial charge < -0.3 is 9.64 Å². The Bertz CT molecular complexity index is 402. The number of aromatic nitrogens is 2. The number of likely N-dealkylation sites (N-methyl/N-ethyl adjacent to an activating group) is 1. The van der Waals surface area contributed by atoms with Crippen molar-refractivity contribution in [1.82, 2.24) is 15.1 Å². The highest BCUT2D eigenvalue weighted by Crippen LogP contribution is 2.15. The lowest BCUT2D eigenvalue weighted by atomic mass is 10.1. The van der Waals surface area contributed by atoms with Crippen molar-refractivity contribution in [2.75, 3.05) is 20.2 Å². The monoisotopic (exact) mass is 251 g/mol. The van der Waals surface area contributed by atoms with Crippen molar-refractivity contribution >= 4 is 5.91 Å². The highest BCUT2D eigenvalue weighted by atomic mass is 16.5. The second kappa shape index (κ2) is 5.52. The van der Waals surface area contributed by atoms with Gasteiger partial charge in [0, 0.05) is 25.9 Å². The number of hydrogen-bond acceptors (Lipinski definition) is 3. The van der Waals surface area contributed by atoms with Crippen LogP contribution in [0.4, 0.5) is 0 Å². The minimum Gasteiger partial charge on any atom is -0.368 e. The molecule has 2 heterocycles. The molecule has 1 fully saturated rings. The van der Waals surface area contributed by atoms with E-state index in [1.165, 1.54) is 5.56 Å². The number of hydrogen-bond donors (Lipinski definition) is 1. The molecule has 0 spiro atoms. The molecule has 0 radical (unpaired) electrons. The summed E-state index contributed by atoms with van der Waals surface area (Å²) in [5, 5.41) is 7.13. The minimum absolute atomic E-state index is 0.103. The van der Waals surface area contributed by atoms with Gasteiger partial charge >= 0.3 is 0 Å². The Labute approximate surface area is 108 Å². The molecule has 5 nitrogen and oxygen atoms in total. The van der Waals surface area contributed by atoms with Crippen molar-refractivity contribution in [2.24, 2.45) is 0 Å². The van der Waals surface area contributed by atoms with Crippen LogP contribution in [-0.2, 0) is 16.0 Å². The number of rotatable bonds is 4. The van der Waals surface area contributed by atoms with Crippen molar-refractivity contribution < 1.29 is 9.53 Å². The summed E-state index contributed by atoms with van der Waals surface area (Å²) in [6, 6.07) is 0. The fourth-order valence-corrected chi connectivity index (χ4v) is 2.35. The van der Waals surface area contributed by atoms with Gasteiger partial charge in [-0.05, 0) is 38.7 Å². The number of ether oxygens (including phenoxy) is 1. The summed E-state index contributed by atoms with van der Waals surface area (Å²) < 4.78 is 5.41. The third kappa shape index (κ3) is 2.72. The van der Waals surface area contributed by atoms with Crippen molar-refractivity contribution in [3.8, 4) is 0 Å². The molecule has 1 aromatic rings. The normalized spacial score (nSPS) is 19.2. The number of aromatic amines is 1. The van der Waals surface area contributed by atoms with Crippen LogP contribution in [0, 0.1) is 13.8 Å². The molecule has 100 valence electrons. The molecule has 1 amide bonds. The summed E-state index contributed by atoms with van der Waals surface area (Å²) >= 11 is 0. The molecule has 1 atom stereocenters. The highest BCUT2D eigenvalue weighted by molar-refractivity contribution is 5.80. The van der Waals surface area contributed by atoms with Gasteiger partial charge in [-0.15, -0.1) is 0 Å². The maximum absolute atomic E-state index is 12.1. The fraction of sp³-hybridized carbons (Fsp3) is 0.692. The lowest BCUT2D eigenvalue weighted by Gasteiger charge is -2.20. The summed E-state index contributed by atoms with van der Waals surface area (Å²) in [6.07, 6.45) is 2.46. The SMILES string of the molecule is Cc1n[nH]c(C)c1CCN(C)C(=O)C1CCCO1. The zero-order valence-electron chi connectivity index (χ0n) is 11.3. The lowest BCUT2D eigenvalue weighted by Crippen LogP contribution is -2.37. The average molecular weight is 251 g/mol. The third-order valence-corrected chi connectivity index (χ3v) is 3.56. The predicted molar refractivity (Wildman–Crippen MR) is 68.4 cm³/mol. The van der Waals surface area contributed by atoms with Crippen molar-refractivity contribution in [3.05, 3.63) is 17.0 Å². The molecule has 1 N–H and O–H groups in total. The van der Waals surface area contributed by atoms with Crippen LogP contribution in [0.5, 0.6) is 0 Å². The molecule has 18 heavy (non-hydrogen) atoms. The van der Waals surface area contributed by atoms with Crippen LogP contribution < -0.4 is 0 Å². The highest BCUT2D eigenvalue weighted by Gasteiger charge is 2.26. The zero-order chi connectivity index (χ0) is 13.1. The van der Waals surface area contributed by atoms with Crippen molar-refractivity contribution in [2.45, 2.75) is 39.2 Å². The molecule has 0 aromatic carbocycles. The summed E-state index contributed by atoms with van der Waals surface area (Å²) in [7, 11) is 1.84. The van der Waals surface area contributed by atoms with Gasteiger partial charge in [-0.2, -0.15) is 5.10 Å². The summed E-state index contributed by atoms with van der Waals surface area (Å²) in [4.78, 5) is 13.8. The van der Waals surface area contributed by atoms with E-state index in [-0.39, 0.29) is 12.0 Å². The summed E-state index contributed by atoms with van der Waals surface area (Å²) in [5.41, 5.74) is 3.32. The minimum atomic E-state index is -0.221. The van der Waals surface area contributed by atoms with E-state index in [9.17, 15) is 4.79 Å². The van der Waals surface area contributed by atoms with E-state index in [4.69, 9.17) is 4.74 Å². The second-order valence-electron chi connectivity index (χ2n) is 4.92. The van der Waals surface area contributed by atoms with Crippen LogP contribution in [0.15, 0.2) is 0 Å². The van der Waals surface area contributed by atoms with E-state index in [2.05, 4.69) is 10.2 Å². The van der Waals surface area contributed by atoms with E-state index in [1.807, 2.05) is 20.9 Å². The molecule has 1 aliphatic rings.